The molecule has 1 unspecified atom stereocenters. The van der Waals surface area contributed by atoms with E-state index < -0.39 is 34.5 Å². The molecule has 0 aromatic heterocycles. The Labute approximate surface area is 174 Å². The van der Waals surface area contributed by atoms with Crippen LogP contribution in [0.2, 0.25) is 0 Å². The number of benzene rings is 2. The van der Waals surface area contributed by atoms with Crippen molar-refractivity contribution in [2.24, 2.45) is 0 Å². The Balaban J connectivity index is 1.79. The molecule has 0 aliphatic rings. The number of carbonyl (C=O) groups is 3. The van der Waals surface area contributed by atoms with E-state index in [0.717, 1.165) is 5.56 Å². The van der Waals surface area contributed by atoms with E-state index in [1.54, 1.807) is 6.07 Å². The summed E-state index contributed by atoms with van der Waals surface area (Å²) in [6.07, 6.45) is 0.666. The molecule has 0 aliphatic carbocycles. The number of aryl methyl sites for hydroxylation is 1. The molecule has 0 heterocycles. The summed E-state index contributed by atoms with van der Waals surface area (Å²) < 4.78 is 26.3. The van der Waals surface area contributed by atoms with Crippen molar-refractivity contribution >= 4 is 27.8 Å². The Kier molecular flexibility index (Phi) is 8.51. The highest BCUT2D eigenvalue weighted by molar-refractivity contribution is 7.89. The molecule has 0 fully saturated rings. The maximum absolute atomic E-state index is 12.1. The largest absolute Gasteiger partial charge is 0.480 e. The first kappa shape index (κ1) is 23.0. The van der Waals surface area contributed by atoms with Crippen molar-refractivity contribution in [1.29, 1.82) is 0 Å². The predicted octanol–water partition coefficient (Wildman–Crippen LogP) is 0.283. The topological polar surface area (TPSA) is 142 Å². The van der Waals surface area contributed by atoms with Crippen molar-refractivity contribution in [3.05, 3.63) is 66.2 Å². The van der Waals surface area contributed by atoms with E-state index in [-0.39, 0.29) is 23.8 Å². The molecular formula is C20H23N3O6S. The number of sulfonamides is 1. The summed E-state index contributed by atoms with van der Waals surface area (Å²) in [6, 6.07) is 15.4. The number of hydrogen-bond acceptors (Lipinski definition) is 5. The second-order valence-electron chi connectivity index (χ2n) is 6.39. The number of aliphatic carboxylic acids is 1. The molecule has 160 valence electrons. The summed E-state index contributed by atoms with van der Waals surface area (Å²) >= 11 is 0. The Morgan fingerprint density at radius 3 is 2.10 bits per heavy atom. The quantitative estimate of drug-likeness (QED) is 0.401. The van der Waals surface area contributed by atoms with Crippen LogP contribution in [0.5, 0.6) is 0 Å². The Bertz CT molecular complexity index is 965. The van der Waals surface area contributed by atoms with Crippen LogP contribution in [0.4, 0.5) is 0 Å². The lowest BCUT2D eigenvalue weighted by Gasteiger charge is -2.16. The van der Waals surface area contributed by atoms with E-state index in [0.29, 0.717) is 6.42 Å². The lowest BCUT2D eigenvalue weighted by molar-refractivity contribution is -0.141. The highest BCUT2D eigenvalue weighted by atomic mass is 32.2. The molecule has 0 saturated heterocycles. The fourth-order valence-electron chi connectivity index (χ4n) is 2.50. The SMILES string of the molecule is O=C(CCc1ccccc1)NCC(NC(=O)CNS(=O)(=O)c1ccccc1)C(=O)O. The fourth-order valence-corrected chi connectivity index (χ4v) is 3.50. The Morgan fingerprint density at radius 2 is 1.50 bits per heavy atom. The maximum atomic E-state index is 12.1. The zero-order chi connectivity index (χ0) is 22.0. The van der Waals surface area contributed by atoms with Gasteiger partial charge in [0.15, 0.2) is 0 Å². The molecule has 2 aromatic rings. The molecule has 9 nitrogen and oxygen atoms in total. The normalized spacial score (nSPS) is 12.0. The fraction of sp³-hybridized carbons (Fsp3) is 0.250. The van der Waals surface area contributed by atoms with E-state index in [4.69, 9.17) is 0 Å². The zero-order valence-electron chi connectivity index (χ0n) is 16.1. The molecule has 4 N–H and O–H groups in total. The Hall–Kier alpha value is -3.24. The van der Waals surface area contributed by atoms with Crippen LogP contribution in [0.1, 0.15) is 12.0 Å². The minimum Gasteiger partial charge on any atom is -0.480 e. The van der Waals surface area contributed by atoms with Gasteiger partial charge in [-0.25, -0.2) is 17.9 Å². The molecule has 2 aromatic carbocycles. The second-order valence-corrected chi connectivity index (χ2v) is 8.15. The van der Waals surface area contributed by atoms with Crippen LogP contribution in [0.3, 0.4) is 0 Å². The number of carboxylic acids is 1. The van der Waals surface area contributed by atoms with Gasteiger partial charge in [0.05, 0.1) is 11.4 Å². The second kappa shape index (κ2) is 11.1. The minimum atomic E-state index is -3.90. The average Bonchev–Trinajstić information content (AvgIpc) is 2.75. The standard InChI is InChI=1S/C20H23N3O6S/c24-18(12-11-15-7-3-1-4-8-15)21-13-17(20(26)27)23-19(25)14-22-30(28,29)16-9-5-2-6-10-16/h1-10,17,22H,11-14H2,(H,21,24)(H,23,25)(H,26,27). The van der Waals surface area contributed by atoms with E-state index in [1.807, 2.05) is 30.3 Å². The van der Waals surface area contributed by atoms with Crippen LogP contribution in [0.15, 0.2) is 65.6 Å². The summed E-state index contributed by atoms with van der Waals surface area (Å²) in [4.78, 5) is 35.2. The third-order valence-corrected chi connectivity index (χ3v) is 5.51. The molecule has 0 bridgehead atoms. The van der Waals surface area contributed by atoms with Crippen LogP contribution >= 0.6 is 0 Å². The minimum absolute atomic E-state index is 0.0155. The summed E-state index contributed by atoms with van der Waals surface area (Å²) in [7, 11) is -3.90. The summed E-state index contributed by atoms with van der Waals surface area (Å²) in [5, 5.41) is 13.9. The molecule has 2 rings (SSSR count). The number of nitrogens with one attached hydrogen (secondary N) is 3. The molecule has 30 heavy (non-hydrogen) atoms. The number of hydrogen-bond donors (Lipinski definition) is 4. The monoisotopic (exact) mass is 433 g/mol. The first-order valence-corrected chi connectivity index (χ1v) is 10.6. The van der Waals surface area contributed by atoms with Crippen molar-refractivity contribution in [2.45, 2.75) is 23.8 Å². The smallest absolute Gasteiger partial charge is 0.328 e. The van der Waals surface area contributed by atoms with Gasteiger partial charge in [0, 0.05) is 13.0 Å². The first-order chi connectivity index (χ1) is 14.3. The number of carbonyl (C=O) groups excluding carboxylic acids is 2. The van der Waals surface area contributed by atoms with Crippen molar-refractivity contribution in [3.8, 4) is 0 Å². The van der Waals surface area contributed by atoms with Gasteiger partial charge in [0.2, 0.25) is 21.8 Å². The van der Waals surface area contributed by atoms with Crippen molar-refractivity contribution in [2.75, 3.05) is 13.1 Å². The average molecular weight is 433 g/mol. The lowest BCUT2D eigenvalue weighted by Crippen LogP contribution is -2.50. The van der Waals surface area contributed by atoms with Gasteiger partial charge in [0.25, 0.3) is 0 Å². The molecule has 0 aliphatic heterocycles. The van der Waals surface area contributed by atoms with Crippen molar-refractivity contribution < 1.29 is 27.9 Å². The van der Waals surface area contributed by atoms with Crippen LogP contribution in [0.25, 0.3) is 0 Å². The van der Waals surface area contributed by atoms with E-state index >= 15 is 0 Å². The molecule has 1 atom stereocenters. The van der Waals surface area contributed by atoms with E-state index in [1.165, 1.54) is 24.3 Å². The van der Waals surface area contributed by atoms with Crippen LogP contribution in [-0.4, -0.2) is 50.4 Å². The molecule has 2 amide bonds. The summed E-state index contributed by atoms with van der Waals surface area (Å²) in [5.41, 5.74) is 0.974. The van der Waals surface area contributed by atoms with Gasteiger partial charge in [-0.05, 0) is 24.1 Å². The highest BCUT2D eigenvalue weighted by Gasteiger charge is 2.22. The van der Waals surface area contributed by atoms with Crippen molar-refractivity contribution in [1.82, 2.24) is 15.4 Å². The van der Waals surface area contributed by atoms with E-state index in [9.17, 15) is 27.9 Å². The summed E-state index contributed by atoms with van der Waals surface area (Å²) in [6.45, 7) is -0.955. The number of carboxylic acid groups (broad SMARTS) is 1. The van der Waals surface area contributed by atoms with Gasteiger partial charge in [0.1, 0.15) is 6.04 Å². The lowest BCUT2D eigenvalue weighted by atomic mass is 10.1. The van der Waals surface area contributed by atoms with E-state index in [2.05, 4.69) is 15.4 Å². The van der Waals surface area contributed by atoms with Gasteiger partial charge >= 0.3 is 5.97 Å². The van der Waals surface area contributed by atoms with Gasteiger partial charge in [-0.1, -0.05) is 48.5 Å². The molecular weight excluding hydrogens is 410 g/mol. The van der Waals surface area contributed by atoms with Crippen LogP contribution in [0, 0.1) is 0 Å². The number of rotatable bonds is 11. The van der Waals surface area contributed by atoms with Gasteiger partial charge in [-0.3, -0.25) is 9.59 Å². The highest BCUT2D eigenvalue weighted by Crippen LogP contribution is 2.06. The predicted molar refractivity (Wildman–Crippen MR) is 109 cm³/mol. The molecule has 0 spiro atoms. The van der Waals surface area contributed by atoms with Crippen molar-refractivity contribution in [3.63, 3.8) is 0 Å². The summed E-state index contributed by atoms with van der Waals surface area (Å²) in [5.74, 6) is -2.54. The van der Waals surface area contributed by atoms with Crippen LogP contribution < -0.4 is 15.4 Å². The zero-order valence-corrected chi connectivity index (χ0v) is 16.9. The van der Waals surface area contributed by atoms with Gasteiger partial charge in [-0.2, -0.15) is 0 Å². The first-order valence-electron chi connectivity index (χ1n) is 9.15. The Morgan fingerprint density at radius 1 is 0.900 bits per heavy atom. The third kappa shape index (κ3) is 7.64. The maximum Gasteiger partial charge on any atom is 0.328 e. The van der Waals surface area contributed by atoms with Gasteiger partial charge in [-0.15, -0.1) is 0 Å². The van der Waals surface area contributed by atoms with Gasteiger partial charge < -0.3 is 15.7 Å². The molecule has 0 saturated carbocycles. The third-order valence-electron chi connectivity index (χ3n) is 4.10. The molecule has 10 heteroatoms. The molecule has 0 radical (unpaired) electrons. The number of amides is 2. The van der Waals surface area contributed by atoms with Crippen LogP contribution in [-0.2, 0) is 30.8 Å².